The molecule has 88 valence electrons. The van der Waals surface area contributed by atoms with Crippen LogP contribution in [0.25, 0.3) is 0 Å². The van der Waals surface area contributed by atoms with E-state index in [0.717, 1.165) is 4.57 Å². The molecule has 7 heteroatoms. The van der Waals surface area contributed by atoms with E-state index >= 15 is 0 Å². The van der Waals surface area contributed by atoms with Crippen LogP contribution in [0.2, 0.25) is 0 Å². The van der Waals surface area contributed by atoms with Crippen LogP contribution in [0, 0.1) is 17.5 Å². The lowest BCUT2D eigenvalue weighted by Crippen LogP contribution is -2.19. The van der Waals surface area contributed by atoms with Gasteiger partial charge in [0.1, 0.15) is 12.1 Å². The van der Waals surface area contributed by atoms with Crippen LogP contribution in [0.15, 0.2) is 30.9 Å². The molecule has 1 N–H and O–H groups in total. The lowest BCUT2D eigenvalue weighted by molar-refractivity contribution is 0.253. The van der Waals surface area contributed by atoms with Crippen LogP contribution in [0.3, 0.4) is 0 Å². The zero-order chi connectivity index (χ0) is 12.4. The van der Waals surface area contributed by atoms with Crippen LogP contribution in [-0.2, 0) is 0 Å². The summed E-state index contributed by atoms with van der Waals surface area (Å²) in [5, 5.41) is 2.02. The zero-order valence-corrected chi connectivity index (χ0v) is 8.32. The highest BCUT2D eigenvalue weighted by molar-refractivity contribution is 5.90. The summed E-state index contributed by atoms with van der Waals surface area (Å²) in [6, 6.07) is 0.307. The van der Waals surface area contributed by atoms with Gasteiger partial charge in [0.05, 0.1) is 5.69 Å². The van der Waals surface area contributed by atoms with Crippen molar-refractivity contribution in [3.63, 3.8) is 0 Å². The van der Waals surface area contributed by atoms with Gasteiger partial charge in [-0.05, 0) is 0 Å². The average Bonchev–Trinajstić information content (AvgIpc) is 2.78. The maximum Gasteiger partial charge on any atom is 0.331 e. The number of carbonyl (C=O) groups is 1. The van der Waals surface area contributed by atoms with Crippen LogP contribution < -0.4 is 5.32 Å². The van der Waals surface area contributed by atoms with E-state index in [1.54, 1.807) is 0 Å². The quantitative estimate of drug-likeness (QED) is 0.779. The molecule has 1 amide bonds. The summed E-state index contributed by atoms with van der Waals surface area (Å²) in [4.78, 5) is 15.1. The largest absolute Gasteiger partial charge is 0.331 e. The number of nitrogens with one attached hydrogen (secondary N) is 1. The second kappa shape index (κ2) is 4.28. The Labute approximate surface area is 93.7 Å². The predicted molar refractivity (Wildman–Crippen MR) is 53.0 cm³/mol. The Kier molecular flexibility index (Phi) is 2.82. The van der Waals surface area contributed by atoms with Gasteiger partial charge in [-0.3, -0.25) is 4.57 Å². The lowest BCUT2D eigenvalue weighted by atomic mass is 10.3. The third-order valence-electron chi connectivity index (χ3n) is 1.97. The number of hydrogen-bond donors (Lipinski definition) is 1. The van der Waals surface area contributed by atoms with Crippen molar-refractivity contribution in [1.29, 1.82) is 0 Å². The van der Waals surface area contributed by atoms with E-state index in [1.165, 1.54) is 18.7 Å². The van der Waals surface area contributed by atoms with E-state index in [9.17, 15) is 18.0 Å². The molecule has 0 bridgehead atoms. The number of benzene rings is 1. The monoisotopic (exact) mass is 241 g/mol. The number of aromatic nitrogens is 2. The molecular weight excluding hydrogens is 235 g/mol. The molecule has 4 nitrogen and oxygen atoms in total. The Balaban J connectivity index is 2.28. The molecule has 0 spiro atoms. The minimum Gasteiger partial charge on any atom is -0.304 e. The molecule has 0 saturated heterocycles. The minimum atomic E-state index is -1.37. The summed E-state index contributed by atoms with van der Waals surface area (Å²) >= 11 is 0. The SMILES string of the molecule is O=C(Nc1cc(F)cc(F)c1F)n1ccnc1. The Morgan fingerprint density at radius 3 is 2.71 bits per heavy atom. The third kappa shape index (κ3) is 2.27. The van der Waals surface area contributed by atoms with Gasteiger partial charge in [-0.25, -0.2) is 22.9 Å². The van der Waals surface area contributed by atoms with Crippen molar-refractivity contribution in [1.82, 2.24) is 9.55 Å². The molecule has 0 atom stereocenters. The first-order valence-corrected chi connectivity index (χ1v) is 4.52. The highest BCUT2D eigenvalue weighted by Crippen LogP contribution is 2.19. The summed E-state index contributed by atoms with van der Waals surface area (Å²) in [6.45, 7) is 0. The summed E-state index contributed by atoms with van der Waals surface area (Å²) in [5.41, 5.74) is -0.568. The van der Waals surface area contributed by atoms with Gasteiger partial charge in [-0.1, -0.05) is 0 Å². The minimum absolute atomic E-state index is 0.391. The number of hydrogen-bond acceptors (Lipinski definition) is 2. The Hall–Kier alpha value is -2.31. The van der Waals surface area contributed by atoms with E-state index in [1.807, 2.05) is 5.32 Å². The molecule has 1 heterocycles. The fourth-order valence-electron chi connectivity index (χ4n) is 1.21. The average molecular weight is 241 g/mol. The molecule has 0 unspecified atom stereocenters. The number of halogens is 3. The van der Waals surface area contributed by atoms with Crippen molar-refractivity contribution in [2.24, 2.45) is 0 Å². The van der Waals surface area contributed by atoms with E-state index in [2.05, 4.69) is 4.98 Å². The molecule has 0 aliphatic heterocycles. The third-order valence-corrected chi connectivity index (χ3v) is 1.97. The van der Waals surface area contributed by atoms with Crippen LogP contribution in [0.4, 0.5) is 23.7 Å². The standard InChI is InChI=1S/C10H6F3N3O/c11-6-3-7(12)9(13)8(4-6)15-10(17)16-2-1-14-5-16/h1-5H,(H,15,17). The van der Waals surface area contributed by atoms with Gasteiger partial charge in [-0.15, -0.1) is 0 Å². The molecule has 0 aliphatic carbocycles. The first-order valence-electron chi connectivity index (χ1n) is 4.52. The maximum atomic E-state index is 13.2. The van der Waals surface area contributed by atoms with E-state index in [4.69, 9.17) is 0 Å². The number of carbonyl (C=O) groups excluding carboxylic acids is 1. The van der Waals surface area contributed by atoms with Crippen LogP contribution in [0.5, 0.6) is 0 Å². The van der Waals surface area contributed by atoms with E-state index in [0.29, 0.717) is 12.1 Å². The molecular formula is C10H6F3N3O. The lowest BCUT2D eigenvalue weighted by Gasteiger charge is -2.07. The highest BCUT2D eigenvalue weighted by atomic mass is 19.2. The second-order valence-corrected chi connectivity index (χ2v) is 3.15. The molecule has 0 fully saturated rings. The molecule has 0 radical (unpaired) electrons. The van der Waals surface area contributed by atoms with Crippen LogP contribution >= 0.6 is 0 Å². The number of anilines is 1. The number of amides is 1. The van der Waals surface area contributed by atoms with Crippen LogP contribution in [-0.4, -0.2) is 15.6 Å². The van der Waals surface area contributed by atoms with Gasteiger partial charge in [0.25, 0.3) is 0 Å². The summed E-state index contributed by atoms with van der Waals surface area (Å²) in [5.74, 6) is -3.67. The molecule has 1 aromatic heterocycles. The fraction of sp³-hybridized carbons (Fsp3) is 0. The zero-order valence-electron chi connectivity index (χ0n) is 8.32. The normalized spacial score (nSPS) is 10.3. The summed E-state index contributed by atoms with van der Waals surface area (Å²) < 4.78 is 39.9. The number of rotatable bonds is 1. The van der Waals surface area contributed by atoms with Crippen molar-refractivity contribution < 1.29 is 18.0 Å². The first-order chi connectivity index (χ1) is 8.08. The van der Waals surface area contributed by atoms with E-state index in [-0.39, 0.29) is 0 Å². The molecule has 2 rings (SSSR count). The van der Waals surface area contributed by atoms with Gasteiger partial charge >= 0.3 is 6.03 Å². The molecule has 17 heavy (non-hydrogen) atoms. The van der Waals surface area contributed by atoms with E-state index < -0.39 is 29.2 Å². The summed E-state index contributed by atoms with van der Waals surface area (Å²) in [6.07, 6.45) is 3.81. The first kappa shape index (κ1) is 11.2. The number of imidazole rings is 1. The van der Waals surface area contributed by atoms with Gasteiger partial charge in [-0.2, -0.15) is 0 Å². The highest BCUT2D eigenvalue weighted by Gasteiger charge is 2.14. The van der Waals surface area contributed by atoms with Crippen LogP contribution in [0.1, 0.15) is 0 Å². The molecule has 0 aliphatic rings. The Morgan fingerprint density at radius 2 is 2.06 bits per heavy atom. The maximum absolute atomic E-state index is 13.2. The fourth-order valence-corrected chi connectivity index (χ4v) is 1.21. The van der Waals surface area contributed by atoms with Gasteiger partial charge in [0, 0.05) is 24.5 Å². The van der Waals surface area contributed by atoms with Gasteiger partial charge in [0.2, 0.25) is 0 Å². The Bertz CT molecular complexity index is 554. The summed E-state index contributed by atoms with van der Waals surface area (Å²) in [7, 11) is 0. The molecule has 1 aromatic carbocycles. The molecule has 2 aromatic rings. The molecule has 0 saturated carbocycles. The predicted octanol–water partition coefficient (Wildman–Crippen LogP) is 2.38. The van der Waals surface area contributed by atoms with Crippen molar-refractivity contribution in [2.45, 2.75) is 0 Å². The van der Waals surface area contributed by atoms with Crippen molar-refractivity contribution in [2.75, 3.05) is 5.32 Å². The van der Waals surface area contributed by atoms with Gasteiger partial charge in [0.15, 0.2) is 11.6 Å². The topological polar surface area (TPSA) is 46.9 Å². The smallest absolute Gasteiger partial charge is 0.304 e. The Morgan fingerprint density at radius 1 is 1.29 bits per heavy atom. The van der Waals surface area contributed by atoms with Crippen molar-refractivity contribution in [3.05, 3.63) is 48.3 Å². The van der Waals surface area contributed by atoms with Gasteiger partial charge < -0.3 is 5.32 Å². The van der Waals surface area contributed by atoms with Crippen molar-refractivity contribution >= 4 is 11.7 Å². The number of nitrogens with zero attached hydrogens (tertiary/aromatic N) is 2. The second-order valence-electron chi connectivity index (χ2n) is 3.15. The van der Waals surface area contributed by atoms with Crippen molar-refractivity contribution in [3.8, 4) is 0 Å².